The Hall–Kier alpha value is -1.10. The molecule has 0 aromatic rings. The van der Waals surface area contributed by atoms with Gasteiger partial charge in [0.2, 0.25) is 5.91 Å². The summed E-state index contributed by atoms with van der Waals surface area (Å²) in [5.41, 5.74) is -0.792. The normalized spacial score (nSPS) is 26.9. The van der Waals surface area contributed by atoms with Crippen LogP contribution >= 0.6 is 0 Å². The number of nitrogens with one attached hydrogen (secondary N) is 1. The summed E-state index contributed by atoms with van der Waals surface area (Å²) in [6.07, 6.45) is 4.14. The summed E-state index contributed by atoms with van der Waals surface area (Å²) < 4.78 is 5.27. The molecule has 2 N–H and O–H groups in total. The number of carbonyl (C=O) groups excluding carboxylic acids is 1. The van der Waals surface area contributed by atoms with Gasteiger partial charge in [-0.05, 0) is 25.7 Å². The van der Waals surface area contributed by atoms with Gasteiger partial charge in [-0.1, -0.05) is 6.42 Å². The van der Waals surface area contributed by atoms with Crippen LogP contribution in [-0.4, -0.2) is 36.2 Å². The van der Waals surface area contributed by atoms with Gasteiger partial charge in [0.15, 0.2) is 0 Å². The number of rotatable bonds is 4. The van der Waals surface area contributed by atoms with Crippen LogP contribution in [0, 0.1) is 5.41 Å². The first-order chi connectivity index (χ1) is 8.12. The minimum absolute atomic E-state index is 0.0576. The number of amides is 1. The van der Waals surface area contributed by atoms with Gasteiger partial charge in [0, 0.05) is 13.0 Å². The van der Waals surface area contributed by atoms with Crippen molar-refractivity contribution >= 4 is 11.9 Å². The lowest BCUT2D eigenvalue weighted by Crippen LogP contribution is -2.46. The summed E-state index contributed by atoms with van der Waals surface area (Å²) in [6, 6.07) is 0.0576. The highest BCUT2D eigenvalue weighted by Crippen LogP contribution is 2.44. The molecule has 1 saturated heterocycles. The van der Waals surface area contributed by atoms with Crippen LogP contribution < -0.4 is 5.32 Å². The molecule has 0 bridgehead atoms. The number of ether oxygens (including phenoxy) is 1. The maximum atomic E-state index is 11.8. The highest BCUT2D eigenvalue weighted by molar-refractivity contribution is 5.85. The third kappa shape index (κ3) is 2.77. The lowest BCUT2D eigenvalue weighted by atomic mass is 9.66. The first kappa shape index (κ1) is 12.4. The van der Waals surface area contributed by atoms with E-state index in [1.165, 1.54) is 0 Å². The first-order valence-electron chi connectivity index (χ1n) is 6.23. The van der Waals surface area contributed by atoms with E-state index in [4.69, 9.17) is 9.84 Å². The first-order valence-corrected chi connectivity index (χ1v) is 6.23. The highest BCUT2D eigenvalue weighted by Gasteiger charge is 2.46. The smallest absolute Gasteiger partial charge is 0.310 e. The molecule has 2 aliphatic rings. The molecule has 2 fully saturated rings. The second-order valence-corrected chi connectivity index (χ2v) is 5.10. The van der Waals surface area contributed by atoms with Crippen molar-refractivity contribution < 1.29 is 19.4 Å². The van der Waals surface area contributed by atoms with E-state index in [0.717, 1.165) is 25.9 Å². The lowest BCUT2D eigenvalue weighted by Gasteiger charge is -2.37. The summed E-state index contributed by atoms with van der Waals surface area (Å²) in [5, 5.41) is 12.0. The van der Waals surface area contributed by atoms with Crippen molar-refractivity contribution in [2.24, 2.45) is 5.41 Å². The van der Waals surface area contributed by atoms with E-state index < -0.39 is 11.4 Å². The van der Waals surface area contributed by atoms with Crippen molar-refractivity contribution in [1.82, 2.24) is 5.32 Å². The monoisotopic (exact) mass is 241 g/mol. The van der Waals surface area contributed by atoms with E-state index in [1.54, 1.807) is 0 Å². The fourth-order valence-corrected chi connectivity index (χ4v) is 2.51. The van der Waals surface area contributed by atoms with Gasteiger partial charge in [0.1, 0.15) is 0 Å². The van der Waals surface area contributed by atoms with Crippen molar-refractivity contribution in [2.75, 3.05) is 13.2 Å². The Morgan fingerprint density at radius 2 is 2.12 bits per heavy atom. The second-order valence-electron chi connectivity index (χ2n) is 5.10. The molecule has 5 heteroatoms. The molecule has 2 rings (SSSR count). The molecular formula is C12H19NO4. The van der Waals surface area contributed by atoms with Crippen LogP contribution in [-0.2, 0) is 14.3 Å². The average molecular weight is 241 g/mol. The largest absolute Gasteiger partial charge is 0.481 e. The summed E-state index contributed by atoms with van der Waals surface area (Å²) in [6.45, 7) is 1.30. The summed E-state index contributed by atoms with van der Waals surface area (Å²) in [5.74, 6) is -0.985. The molecule has 1 aliphatic heterocycles. The van der Waals surface area contributed by atoms with Crippen LogP contribution in [0.25, 0.3) is 0 Å². The Morgan fingerprint density at radius 3 is 2.59 bits per heavy atom. The SMILES string of the molecule is O=C(CC1(C(=O)O)CCC1)NC1CCCOC1. The van der Waals surface area contributed by atoms with Crippen LogP contribution in [0.4, 0.5) is 0 Å². The van der Waals surface area contributed by atoms with Gasteiger partial charge in [0.05, 0.1) is 18.1 Å². The van der Waals surface area contributed by atoms with Crippen LogP contribution in [0.1, 0.15) is 38.5 Å². The van der Waals surface area contributed by atoms with Crippen molar-refractivity contribution in [3.63, 3.8) is 0 Å². The number of carboxylic acids is 1. The molecule has 0 radical (unpaired) electrons. The predicted molar refractivity (Wildman–Crippen MR) is 60.5 cm³/mol. The predicted octanol–water partition coefficient (Wildman–Crippen LogP) is 0.927. The van der Waals surface area contributed by atoms with Crippen molar-refractivity contribution in [1.29, 1.82) is 0 Å². The second kappa shape index (κ2) is 5.04. The molecule has 1 atom stereocenters. The van der Waals surface area contributed by atoms with Crippen LogP contribution in [0.5, 0.6) is 0 Å². The Morgan fingerprint density at radius 1 is 1.35 bits per heavy atom. The number of carboxylic acid groups (broad SMARTS) is 1. The maximum Gasteiger partial charge on any atom is 0.310 e. The fraction of sp³-hybridized carbons (Fsp3) is 0.833. The molecule has 17 heavy (non-hydrogen) atoms. The summed E-state index contributed by atoms with van der Waals surface area (Å²) >= 11 is 0. The van der Waals surface area contributed by atoms with E-state index in [9.17, 15) is 9.59 Å². The average Bonchev–Trinajstić information content (AvgIpc) is 2.24. The Kier molecular flexibility index (Phi) is 3.66. The van der Waals surface area contributed by atoms with Crippen LogP contribution in [0.2, 0.25) is 0 Å². The van der Waals surface area contributed by atoms with E-state index in [0.29, 0.717) is 19.4 Å². The van der Waals surface area contributed by atoms with Gasteiger partial charge < -0.3 is 15.2 Å². The van der Waals surface area contributed by atoms with Gasteiger partial charge in [-0.2, -0.15) is 0 Å². The minimum atomic E-state index is -0.834. The number of carbonyl (C=O) groups is 2. The molecule has 1 saturated carbocycles. The lowest BCUT2D eigenvalue weighted by molar-refractivity contribution is -0.157. The Bertz CT molecular complexity index is 306. The van der Waals surface area contributed by atoms with E-state index in [2.05, 4.69) is 5.32 Å². The Balaban J connectivity index is 1.81. The molecule has 1 aliphatic carbocycles. The number of aliphatic carboxylic acids is 1. The van der Waals surface area contributed by atoms with Gasteiger partial charge in [-0.15, -0.1) is 0 Å². The molecule has 96 valence electrons. The van der Waals surface area contributed by atoms with Crippen molar-refractivity contribution in [3.8, 4) is 0 Å². The molecule has 1 unspecified atom stereocenters. The van der Waals surface area contributed by atoms with Gasteiger partial charge in [0.25, 0.3) is 0 Å². The quantitative estimate of drug-likeness (QED) is 0.767. The molecule has 0 aromatic heterocycles. The van der Waals surface area contributed by atoms with Crippen molar-refractivity contribution in [2.45, 2.75) is 44.6 Å². The standard InChI is InChI=1S/C12H19NO4/c14-10(13-9-3-1-6-17-8-9)7-12(11(15)16)4-2-5-12/h9H,1-8H2,(H,13,14)(H,15,16). The summed E-state index contributed by atoms with van der Waals surface area (Å²) in [7, 11) is 0. The third-order valence-corrected chi connectivity index (χ3v) is 3.79. The van der Waals surface area contributed by atoms with Crippen molar-refractivity contribution in [3.05, 3.63) is 0 Å². The molecule has 0 aromatic carbocycles. The number of hydrogen-bond donors (Lipinski definition) is 2. The van der Waals surface area contributed by atoms with E-state index >= 15 is 0 Å². The third-order valence-electron chi connectivity index (χ3n) is 3.79. The molecular weight excluding hydrogens is 222 g/mol. The van der Waals surface area contributed by atoms with E-state index in [-0.39, 0.29) is 18.4 Å². The molecule has 0 spiro atoms. The molecule has 1 amide bonds. The maximum absolute atomic E-state index is 11.8. The summed E-state index contributed by atoms with van der Waals surface area (Å²) in [4.78, 5) is 22.9. The molecule has 5 nitrogen and oxygen atoms in total. The Labute approximate surface area is 101 Å². The van der Waals surface area contributed by atoms with Gasteiger partial charge >= 0.3 is 5.97 Å². The fourth-order valence-electron chi connectivity index (χ4n) is 2.51. The van der Waals surface area contributed by atoms with Crippen LogP contribution in [0.3, 0.4) is 0 Å². The minimum Gasteiger partial charge on any atom is -0.481 e. The zero-order valence-electron chi connectivity index (χ0n) is 9.91. The van der Waals surface area contributed by atoms with E-state index in [1.807, 2.05) is 0 Å². The molecule has 1 heterocycles. The number of hydrogen-bond acceptors (Lipinski definition) is 3. The zero-order chi connectivity index (χ0) is 12.3. The zero-order valence-corrected chi connectivity index (χ0v) is 9.91. The highest BCUT2D eigenvalue weighted by atomic mass is 16.5. The topological polar surface area (TPSA) is 75.6 Å². The van der Waals surface area contributed by atoms with Gasteiger partial charge in [-0.3, -0.25) is 9.59 Å². The van der Waals surface area contributed by atoms with Crippen LogP contribution in [0.15, 0.2) is 0 Å². The van der Waals surface area contributed by atoms with Gasteiger partial charge in [-0.25, -0.2) is 0 Å².